The van der Waals surface area contributed by atoms with E-state index in [1.165, 1.54) is 12.5 Å². The van der Waals surface area contributed by atoms with Crippen LogP contribution in [0.25, 0.3) is 0 Å². The number of amides is 2. The van der Waals surface area contributed by atoms with Crippen molar-refractivity contribution in [1.29, 1.82) is 0 Å². The van der Waals surface area contributed by atoms with Crippen LogP contribution in [0.2, 0.25) is 0 Å². The van der Waals surface area contributed by atoms with Gasteiger partial charge in [-0.1, -0.05) is 17.7 Å². The zero-order valence-corrected chi connectivity index (χ0v) is 15.1. The molecule has 0 bridgehead atoms. The lowest BCUT2D eigenvalue weighted by Gasteiger charge is -2.13. The van der Waals surface area contributed by atoms with Gasteiger partial charge in [-0.3, -0.25) is 9.59 Å². The van der Waals surface area contributed by atoms with E-state index in [0.29, 0.717) is 24.2 Å². The number of ether oxygens (including phenoxy) is 1. The summed E-state index contributed by atoms with van der Waals surface area (Å²) in [4.78, 5) is 23.2. The second kappa shape index (κ2) is 8.33. The summed E-state index contributed by atoms with van der Waals surface area (Å²) in [5, 5.41) is 5.59. The lowest BCUT2D eigenvalue weighted by atomic mass is 10.0. The Bertz CT molecular complexity index is 767. The molecule has 0 saturated carbocycles. The van der Waals surface area contributed by atoms with Crippen LogP contribution in [0.4, 0.5) is 5.69 Å². The molecule has 0 aromatic heterocycles. The Morgan fingerprint density at radius 1 is 1.08 bits per heavy atom. The highest BCUT2D eigenvalue weighted by Crippen LogP contribution is 2.25. The first-order chi connectivity index (χ1) is 11.9. The number of anilines is 1. The third-order valence-electron chi connectivity index (χ3n) is 3.85. The van der Waals surface area contributed by atoms with Crippen LogP contribution in [0.15, 0.2) is 36.4 Å². The Labute approximate surface area is 148 Å². The monoisotopic (exact) mass is 340 g/mol. The predicted molar refractivity (Wildman–Crippen MR) is 99.3 cm³/mol. The maximum absolute atomic E-state index is 12.2. The van der Waals surface area contributed by atoms with Crippen molar-refractivity contribution in [3.63, 3.8) is 0 Å². The van der Waals surface area contributed by atoms with Crippen molar-refractivity contribution in [3.8, 4) is 5.75 Å². The number of hydrogen-bond acceptors (Lipinski definition) is 3. The first-order valence-corrected chi connectivity index (χ1v) is 8.20. The molecule has 0 aliphatic carbocycles. The van der Waals surface area contributed by atoms with Gasteiger partial charge >= 0.3 is 0 Å². The van der Waals surface area contributed by atoms with E-state index >= 15 is 0 Å². The quantitative estimate of drug-likeness (QED) is 0.848. The molecule has 0 fully saturated rings. The summed E-state index contributed by atoms with van der Waals surface area (Å²) >= 11 is 0. The van der Waals surface area contributed by atoms with E-state index in [4.69, 9.17) is 4.74 Å². The average molecular weight is 340 g/mol. The van der Waals surface area contributed by atoms with E-state index in [1.54, 1.807) is 31.4 Å². The molecular formula is C20H24N2O3. The lowest BCUT2D eigenvalue weighted by Crippen LogP contribution is -2.25. The Balaban J connectivity index is 1.96. The van der Waals surface area contributed by atoms with Gasteiger partial charge in [-0.15, -0.1) is 0 Å². The third kappa shape index (κ3) is 5.08. The number of methoxy groups -OCH3 is 1. The van der Waals surface area contributed by atoms with Gasteiger partial charge in [0.05, 0.1) is 7.11 Å². The molecule has 132 valence electrons. The molecular weight excluding hydrogens is 316 g/mol. The zero-order valence-electron chi connectivity index (χ0n) is 15.1. The molecule has 0 saturated heterocycles. The number of benzene rings is 2. The maximum Gasteiger partial charge on any atom is 0.251 e. The van der Waals surface area contributed by atoms with Crippen LogP contribution in [0, 0.1) is 13.8 Å². The predicted octanol–water partition coefficient (Wildman–Crippen LogP) is 3.24. The number of aryl methyl sites for hydroxylation is 2. The summed E-state index contributed by atoms with van der Waals surface area (Å²) in [6.07, 6.45) is 0.696. The summed E-state index contributed by atoms with van der Waals surface area (Å²) < 4.78 is 5.47. The third-order valence-corrected chi connectivity index (χ3v) is 3.85. The van der Waals surface area contributed by atoms with Crippen LogP contribution in [0.1, 0.15) is 34.0 Å². The Hall–Kier alpha value is -2.82. The fraction of sp³-hybridized carbons (Fsp3) is 0.300. The number of carbonyl (C=O) groups is 2. The minimum atomic E-state index is -0.141. The van der Waals surface area contributed by atoms with Gasteiger partial charge in [0, 0.05) is 24.7 Å². The van der Waals surface area contributed by atoms with Crippen molar-refractivity contribution in [2.75, 3.05) is 19.0 Å². The summed E-state index contributed by atoms with van der Waals surface area (Å²) in [6, 6.07) is 11.0. The van der Waals surface area contributed by atoms with Gasteiger partial charge in [-0.25, -0.2) is 0 Å². The molecule has 2 amide bonds. The van der Waals surface area contributed by atoms with Crippen molar-refractivity contribution < 1.29 is 14.3 Å². The summed E-state index contributed by atoms with van der Waals surface area (Å²) in [5.41, 5.74) is 4.58. The highest BCUT2D eigenvalue weighted by molar-refractivity contribution is 5.95. The molecule has 0 aliphatic heterocycles. The van der Waals surface area contributed by atoms with Gasteiger partial charge in [0.1, 0.15) is 5.75 Å². The average Bonchev–Trinajstić information content (AvgIpc) is 2.54. The molecule has 5 heteroatoms. The van der Waals surface area contributed by atoms with Crippen molar-refractivity contribution in [3.05, 3.63) is 58.7 Å². The van der Waals surface area contributed by atoms with Crippen LogP contribution in [0.3, 0.4) is 0 Å². The van der Waals surface area contributed by atoms with E-state index in [0.717, 1.165) is 16.9 Å². The number of carbonyl (C=O) groups excluding carboxylic acids is 2. The fourth-order valence-electron chi connectivity index (χ4n) is 2.84. The minimum absolute atomic E-state index is 0.139. The number of rotatable bonds is 6. The standard InChI is InChI=1S/C20H24N2O3/c1-13-11-14(2)19(25-4)17(12-13)9-10-21-20(24)16-5-7-18(8-6-16)22-15(3)23/h5-8,11-12H,9-10H2,1-4H3,(H,21,24)(H,22,23). The molecule has 0 heterocycles. The Morgan fingerprint density at radius 2 is 1.76 bits per heavy atom. The Morgan fingerprint density at radius 3 is 2.36 bits per heavy atom. The first kappa shape index (κ1) is 18.5. The number of hydrogen-bond donors (Lipinski definition) is 2. The van der Waals surface area contributed by atoms with Gasteiger partial charge < -0.3 is 15.4 Å². The van der Waals surface area contributed by atoms with E-state index in [9.17, 15) is 9.59 Å². The largest absolute Gasteiger partial charge is 0.496 e. The van der Waals surface area contributed by atoms with Crippen LogP contribution >= 0.6 is 0 Å². The first-order valence-electron chi connectivity index (χ1n) is 8.20. The van der Waals surface area contributed by atoms with Crippen molar-refractivity contribution in [2.45, 2.75) is 27.2 Å². The van der Waals surface area contributed by atoms with Crippen LogP contribution < -0.4 is 15.4 Å². The summed E-state index contributed by atoms with van der Waals surface area (Å²) in [6.45, 7) is 6.03. The molecule has 25 heavy (non-hydrogen) atoms. The van der Waals surface area contributed by atoms with E-state index in [-0.39, 0.29) is 11.8 Å². The number of nitrogens with one attached hydrogen (secondary N) is 2. The fourth-order valence-corrected chi connectivity index (χ4v) is 2.84. The van der Waals surface area contributed by atoms with Crippen molar-refractivity contribution >= 4 is 17.5 Å². The lowest BCUT2D eigenvalue weighted by molar-refractivity contribution is -0.114. The van der Waals surface area contributed by atoms with Crippen molar-refractivity contribution in [1.82, 2.24) is 5.32 Å². The van der Waals surface area contributed by atoms with Crippen molar-refractivity contribution in [2.24, 2.45) is 0 Å². The van der Waals surface area contributed by atoms with Crippen LogP contribution in [0.5, 0.6) is 5.75 Å². The maximum atomic E-state index is 12.2. The van der Waals surface area contributed by atoms with E-state index < -0.39 is 0 Å². The van der Waals surface area contributed by atoms with E-state index in [2.05, 4.69) is 22.8 Å². The molecule has 2 N–H and O–H groups in total. The Kier molecular flexibility index (Phi) is 6.17. The van der Waals surface area contributed by atoms with Gasteiger partial charge in [0.15, 0.2) is 0 Å². The molecule has 0 spiro atoms. The highest BCUT2D eigenvalue weighted by Gasteiger charge is 2.09. The summed E-state index contributed by atoms with van der Waals surface area (Å²) in [7, 11) is 1.66. The zero-order chi connectivity index (χ0) is 18.4. The van der Waals surface area contributed by atoms with Gasteiger partial charge in [-0.2, -0.15) is 0 Å². The van der Waals surface area contributed by atoms with Gasteiger partial charge in [0.25, 0.3) is 5.91 Å². The normalized spacial score (nSPS) is 10.2. The molecule has 0 radical (unpaired) electrons. The molecule has 0 atom stereocenters. The van der Waals surface area contributed by atoms with Gasteiger partial charge in [-0.05, 0) is 55.7 Å². The summed E-state index contributed by atoms with van der Waals surface area (Å²) in [5.74, 6) is 0.594. The molecule has 2 rings (SSSR count). The molecule has 0 aliphatic rings. The molecule has 0 unspecified atom stereocenters. The van der Waals surface area contributed by atoms with Crippen LogP contribution in [-0.4, -0.2) is 25.5 Å². The minimum Gasteiger partial charge on any atom is -0.496 e. The highest BCUT2D eigenvalue weighted by atomic mass is 16.5. The second-order valence-electron chi connectivity index (χ2n) is 6.04. The topological polar surface area (TPSA) is 67.4 Å². The smallest absolute Gasteiger partial charge is 0.251 e. The van der Waals surface area contributed by atoms with Gasteiger partial charge in [0.2, 0.25) is 5.91 Å². The SMILES string of the molecule is COc1c(C)cc(C)cc1CCNC(=O)c1ccc(NC(C)=O)cc1. The molecule has 2 aromatic rings. The second-order valence-corrected chi connectivity index (χ2v) is 6.04. The van der Waals surface area contributed by atoms with Crippen LogP contribution in [-0.2, 0) is 11.2 Å². The molecule has 2 aromatic carbocycles. The van der Waals surface area contributed by atoms with E-state index in [1.807, 2.05) is 13.8 Å². The molecule has 5 nitrogen and oxygen atoms in total.